The molecular weight excluding hydrogens is 264 g/mol. The van der Waals surface area contributed by atoms with Crippen LogP contribution in [0.3, 0.4) is 0 Å². The molecule has 0 atom stereocenters. The van der Waals surface area contributed by atoms with Gasteiger partial charge in [0.05, 0.1) is 10.2 Å². The van der Waals surface area contributed by atoms with Crippen molar-refractivity contribution in [2.45, 2.75) is 0 Å². The van der Waals surface area contributed by atoms with Crippen molar-refractivity contribution in [2.75, 3.05) is 19.0 Å². The van der Waals surface area contributed by atoms with Crippen LogP contribution in [0.25, 0.3) is 27.4 Å². The van der Waals surface area contributed by atoms with E-state index in [1.807, 2.05) is 20.2 Å². The van der Waals surface area contributed by atoms with E-state index in [-0.39, 0.29) is 0 Å². The Morgan fingerprint density at radius 2 is 1.85 bits per heavy atom. The fourth-order valence-corrected chi connectivity index (χ4v) is 3.07. The van der Waals surface area contributed by atoms with E-state index >= 15 is 0 Å². The molecule has 0 bridgehead atoms. The first-order valence-electron chi connectivity index (χ1n) is 6.49. The van der Waals surface area contributed by atoms with E-state index in [0.29, 0.717) is 0 Å². The molecule has 0 fully saturated rings. The van der Waals surface area contributed by atoms with Gasteiger partial charge in [-0.15, -0.1) is 11.3 Å². The highest BCUT2D eigenvalue weighted by atomic mass is 32.1. The summed E-state index contributed by atoms with van der Waals surface area (Å²) in [6, 6.07) is 14.9. The number of para-hydroxylation sites is 1. The molecule has 0 saturated heterocycles. The summed E-state index contributed by atoms with van der Waals surface area (Å²) in [5.41, 5.74) is 4.63. The third-order valence-electron chi connectivity index (χ3n) is 3.30. The van der Waals surface area contributed by atoms with Crippen LogP contribution in [0.15, 0.2) is 49.0 Å². The molecule has 0 spiro atoms. The Labute approximate surface area is 123 Å². The Morgan fingerprint density at radius 1 is 1.10 bits per heavy atom. The van der Waals surface area contributed by atoms with E-state index < -0.39 is 0 Å². The lowest BCUT2D eigenvalue weighted by atomic mass is 10.0. The maximum absolute atomic E-state index is 4.66. The largest absolute Gasteiger partial charge is 0.378 e. The van der Waals surface area contributed by atoms with Gasteiger partial charge in [-0.3, -0.25) is 0 Å². The van der Waals surface area contributed by atoms with Crippen molar-refractivity contribution in [2.24, 2.45) is 0 Å². The van der Waals surface area contributed by atoms with E-state index in [0.717, 1.165) is 10.5 Å². The number of benzene rings is 2. The van der Waals surface area contributed by atoms with Crippen molar-refractivity contribution in [3.8, 4) is 11.1 Å². The summed E-state index contributed by atoms with van der Waals surface area (Å²) in [7, 11) is 4.10. The highest BCUT2D eigenvalue weighted by molar-refractivity contribution is 7.19. The number of thiazole rings is 1. The van der Waals surface area contributed by atoms with Crippen LogP contribution < -0.4 is 4.90 Å². The van der Waals surface area contributed by atoms with Crippen molar-refractivity contribution in [1.29, 1.82) is 0 Å². The molecule has 2 aromatic carbocycles. The summed E-state index contributed by atoms with van der Waals surface area (Å²) >= 11 is 1.68. The number of hydrogen-bond donors (Lipinski definition) is 0. The van der Waals surface area contributed by atoms with Gasteiger partial charge in [0.1, 0.15) is 5.01 Å². The van der Waals surface area contributed by atoms with Gasteiger partial charge in [-0.2, -0.15) is 0 Å². The van der Waals surface area contributed by atoms with Crippen LogP contribution in [0.2, 0.25) is 0 Å². The number of hydrogen-bond acceptors (Lipinski definition) is 3. The Kier molecular flexibility index (Phi) is 3.28. The van der Waals surface area contributed by atoms with Crippen molar-refractivity contribution in [3.63, 3.8) is 0 Å². The minimum absolute atomic E-state index is 0.970. The van der Waals surface area contributed by atoms with E-state index in [9.17, 15) is 0 Å². The molecule has 3 aromatic rings. The summed E-state index contributed by atoms with van der Waals surface area (Å²) in [5, 5.41) is 0.970. The topological polar surface area (TPSA) is 16.1 Å². The number of fused-ring (bicyclic) bond motifs is 1. The second-order valence-electron chi connectivity index (χ2n) is 4.85. The van der Waals surface area contributed by atoms with E-state index in [4.69, 9.17) is 0 Å². The van der Waals surface area contributed by atoms with Gasteiger partial charge in [-0.25, -0.2) is 4.98 Å². The molecule has 0 aliphatic rings. The molecule has 1 heterocycles. The monoisotopic (exact) mass is 280 g/mol. The minimum atomic E-state index is 0.970. The summed E-state index contributed by atoms with van der Waals surface area (Å²) in [6.45, 7) is 3.80. The third kappa shape index (κ3) is 2.21. The van der Waals surface area contributed by atoms with Crippen LogP contribution in [0, 0.1) is 0 Å². The summed E-state index contributed by atoms with van der Waals surface area (Å²) in [5.74, 6) is 0. The first kappa shape index (κ1) is 12.9. The number of rotatable bonds is 3. The van der Waals surface area contributed by atoms with E-state index in [1.165, 1.54) is 21.5 Å². The van der Waals surface area contributed by atoms with Gasteiger partial charge in [0.25, 0.3) is 0 Å². The molecule has 3 rings (SSSR count). The van der Waals surface area contributed by atoms with Gasteiger partial charge in [-0.1, -0.05) is 30.8 Å². The number of anilines is 1. The molecule has 3 heteroatoms. The van der Waals surface area contributed by atoms with Gasteiger partial charge in [-0.05, 0) is 29.8 Å². The zero-order chi connectivity index (χ0) is 14.1. The number of nitrogens with zero attached hydrogens (tertiary/aromatic N) is 2. The molecule has 0 aliphatic heterocycles. The molecule has 2 nitrogen and oxygen atoms in total. The van der Waals surface area contributed by atoms with Crippen LogP contribution in [0.1, 0.15) is 5.01 Å². The van der Waals surface area contributed by atoms with Crippen molar-refractivity contribution in [1.82, 2.24) is 4.98 Å². The lowest BCUT2D eigenvalue weighted by Gasteiger charge is -2.12. The van der Waals surface area contributed by atoms with Crippen LogP contribution in [0.5, 0.6) is 0 Å². The predicted molar refractivity (Wildman–Crippen MR) is 89.5 cm³/mol. The van der Waals surface area contributed by atoms with E-state index in [2.05, 4.69) is 58.9 Å². The highest BCUT2D eigenvalue weighted by Crippen LogP contribution is 2.32. The number of aromatic nitrogens is 1. The normalized spacial score (nSPS) is 10.7. The summed E-state index contributed by atoms with van der Waals surface area (Å²) < 4.78 is 1.20. The minimum Gasteiger partial charge on any atom is -0.378 e. The molecule has 0 unspecified atom stereocenters. The Hall–Kier alpha value is -2.13. The zero-order valence-corrected chi connectivity index (χ0v) is 12.4. The first-order chi connectivity index (χ1) is 9.69. The molecule has 20 heavy (non-hydrogen) atoms. The third-order valence-corrected chi connectivity index (χ3v) is 4.32. The average Bonchev–Trinajstić information content (AvgIpc) is 2.90. The molecule has 0 amide bonds. The molecule has 0 aliphatic carbocycles. The SMILES string of the molecule is C=Cc1nc2c(-c3ccc(N(C)C)cc3)cccc2s1. The first-order valence-corrected chi connectivity index (χ1v) is 7.30. The molecule has 0 saturated carbocycles. The quantitative estimate of drug-likeness (QED) is 0.693. The maximum atomic E-state index is 4.66. The van der Waals surface area contributed by atoms with Crippen LogP contribution in [0.4, 0.5) is 5.69 Å². The smallest absolute Gasteiger partial charge is 0.116 e. The summed E-state index contributed by atoms with van der Waals surface area (Å²) in [6.07, 6.45) is 1.81. The fourth-order valence-electron chi connectivity index (χ4n) is 2.23. The Morgan fingerprint density at radius 3 is 2.50 bits per heavy atom. The zero-order valence-electron chi connectivity index (χ0n) is 11.6. The Balaban J connectivity index is 2.13. The fraction of sp³-hybridized carbons (Fsp3) is 0.118. The standard InChI is InChI=1S/C17H16N2S/c1-4-16-18-17-14(6-5-7-15(17)20-16)12-8-10-13(11-9-12)19(2)3/h4-11H,1H2,2-3H3. The van der Waals surface area contributed by atoms with E-state index in [1.54, 1.807) is 11.3 Å². The lowest BCUT2D eigenvalue weighted by molar-refractivity contribution is 1.13. The average molecular weight is 280 g/mol. The van der Waals surface area contributed by atoms with Crippen molar-refractivity contribution in [3.05, 3.63) is 54.1 Å². The van der Waals surface area contributed by atoms with Crippen LogP contribution in [-0.2, 0) is 0 Å². The molecule has 0 N–H and O–H groups in total. The van der Waals surface area contributed by atoms with Gasteiger partial charge < -0.3 is 4.90 Å². The van der Waals surface area contributed by atoms with Gasteiger partial charge in [0.15, 0.2) is 0 Å². The molecule has 0 radical (unpaired) electrons. The maximum Gasteiger partial charge on any atom is 0.116 e. The Bertz CT molecular complexity index is 754. The second-order valence-corrected chi connectivity index (χ2v) is 5.91. The molecular formula is C17H16N2S. The van der Waals surface area contributed by atoms with Gasteiger partial charge in [0.2, 0.25) is 0 Å². The molecule has 1 aromatic heterocycles. The van der Waals surface area contributed by atoms with Gasteiger partial charge >= 0.3 is 0 Å². The highest BCUT2D eigenvalue weighted by Gasteiger charge is 2.08. The van der Waals surface area contributed by atoms with Crippen molar-refractivity contribution >= 4 is 33.3 Å². The molecule has 100 valence electrons. The lowest BCUT2D eigenvalue weighted by Crippen LogP contribution is -2.07. The second kappa shape index (κ2) is 5.10. The summed E-state index contributed by atoms with van der Waals surface area (Å²) in [4.78, 5) is 6.76. The van der Waals surface area contributed by atoms with Crippen LogP contribution >= 0.6 is 11.3 Å². The van der Waals surface area contributed by atoms with Gasteiger partial charge in [0, 0.05) is 25.3 Å². The predicted octanol–water partition coefficient (Wildman–Crippen LogP) is 4.67. The van der Waals surface area contributed by atoms with Crippen molar-refractivity contribution < 1.29 is 0 Å². The van der Waals surface area contributed by atoms with Crippen LogP contribution in [-0.4, -0.2) is 19.1 Å².